The SMILES string of the molecule is CC(C)CN(CCN(C)C)c1ccc(Cl)cc1C=O. The summed E-state index contributed by atoms with van der Waals surface area (Å²) in [6, 6.07) is 5.50. The molecule has 1 aromatic carbocycles. The maximum Gasteiger partial charge on any atom is 0.152 e. The van der Waals surface area contributed by atoms with Gasteiger partial charge in [-0.25, -0.2) is 0 Å². The topological polar surface area (TPSA) is 23.6 Å². The average Bonchev–Trinajstić information content (AvgIpc) is 2.33. The van der Waals surface area contributed by atoms with Crippen LogP contribution >= 0.6 is 11.6 Å². The van der Waals surface area contributed by atoms with E-state index in [1.165, 1.54) is 0 Å². The van der Waals surface area contributed by atoms with Crippen LogP contribution in [-0.2, 0) is 0 Å². The number of nitrogens with zero attached hydrogens (tertiary/aromatic N) is 2. The highest BCUT2D eigenvalue weighted by Crippen LogP contribution is 2.23. The molecule has 0 unspecified atom stereocenters. The lowest BCUT2D eigenvalue weighted by molar-refractivity contribution is 0.112. The average molecular weight is 283 g/mol. The second kappa shape index (κ2) is 7.51. The Bertz CT molecular complexity index is 419. The van der Waals surface area contributed by atoms with E-state index in [2.05, 4.69) is 37.7 Å². The molecule has 106 valence electrons. The highest BCUT2D eigenvalue weighted by atomic mass is 35.5. The molecule has 0 heterocycles. The van der Waals surface area contributed by atoms with Crippen molar-refractivity contribution in [3.8, 4) is 0 Å². The molecule has 0 radical (unpaired) electrons. The van der Waals surface area contributed by atoms with E-state index in [-0.39, 0.29) is 0 Å². The number of anilines is 1. The number of carbonyl (C=O) groups is 1. The molecule has 0 aliphatic heterocycles. The Morgan fingerprint density at radius 2 is 1.95 bits per heavy atom. The molecule has 0 spiro atoms. The van der Waals surface area contributed by atoms with Crippen LogP contribution in [0.15, 0.2) is 18.2 Å². The summed E-state index contributed by atoms with van der Waals surface area (Å²) in [5.74, 6) is 0.539. The maximum atomic E-state index is 11.2. The predicted octanol–water partition coefficient (Wildman–Crippen LogP) is 3.18. The molecule has 0 amide bonds. The van der Waals surface area contributed by atoms with Crippen molar-refractivity contribution in [3.05, 3.63) is 28.8 Å². The molecular formula is C15H23ClN2O. The van der Waals surface area contributed by atoms with Gasteiger partial charge in [0, 0.05) is 35.9 Å². The third-order valence-corrected chi connectivity index (χ3v) is 3.09. The Labute approximate surface area is 121 Å². The molecule has 0 aliphatic carbocycles. The van der Waals surface area contributed by atoms with Crippen molar-refractivity contribution in [1.29, 1.82) is 0 Å². The standard InChI is InChI=1S/C15H23ClN2O/c1-12(2)10-18(8-7-17(3)4)15-6-5-14(16)9-13(15)11-19/h5-6,9,11-12H,7-8,10H2,1-4H3. The Hall–Kier alpha value is -1.06. The van der Waals surface area contributed by atoms with Crippen LogP contribution < -0.4 is 4.90 Å². The minimum atomic E-state index is 0.539. The van der Waals surface area contributed by atoms with Crippen LogP contribution in [0.25, 0.3) is 0 Å². The zero-order valence-corrected chi connectivity index (χ0v) is 12.9. The Kier molecular flexibility index (Phi) is 6.32. The lowest BCUT2D eigenvalue weighted by atomic mass is 10.1. The van der Waals surface area contributed by atoms with E-state index in [9.17, 15) is 4.79 Å². The first-order chi connectivity index (χ1) is 8.93. The fraction of sp³-hybridized carbons (Fsp3) is 0.533. The van der Waals surface area contributed by atoms with E-state index in [1.54, 1.807) is 6.07 Å². The molecule has 1 aromatic rings. The zero-order valence-electron chi connectivity index (χ0n) is 12.2. The van der Waals surface area contributed by atoms with Gasteiger partial charge in [0.1, 0.15) is 0 Å². The van der Waals surface area contributed by atoms with Crippen LogP contribution in [0.3, 0.4) is 0 Å². The minimum absolute atomic E-state index is 0.539. The van der Waals surface area contributed by atoms with Gasteiger partial charge in [-0.15, -0.1) is 0 Å². The third-order valence-electron chi connectivity index (χ3n) is 2.86. The second-order valence-electron chi connectivity index (χ2n) is 5.46. The number of hydrogen-bond donors (Lipinski definition) is 0. The number of halogens is 1. The minimum Gasteiger partial charge on any atom is -0.369 e. The summed E-state index contributed by atoms with van der Waals surface area (Å²) < 4.78 is 0. The fourth-order valence-electron chi connectivity index (χ4n) is 1.98. The number of benzene rings is 1. The lowest BCUT2D eigenvalue weighted by Crippen LogP contribution is -2.35. The normalized spacial score (nSPS) is 11.1. The smallest absolute Gasteiger partial charge is 0.152 e. The molecule has 1 rings (SSSR count). The van der Waals surface area contributed by atoms with Crippen molar-refractivity contribution in [2.24, 2.45) is 5.92 Å². The fourth-order valence-corrected chi connectivity index (χ4v) is 2.16. The van der Waals surface area contributed by atoms with E-state index in [1.807, 2.05) is 12.1 Å². The molecule has 0 saturated carbocycles. The van der Waals surface area contributed by atoms with Crippen molar-refractivity contribution in [3.63, 3.8) is 0 Å². The van der Waals surface area contributed by atoms with Gasteiger partial charge < -0.3 is 9.80 Å². The van der Waals surface area contributed by atoms with Crippen LogP contribution in [-0.4, -0.2) is 44.9 Å². The highest BCUT2D eigenvalue weighted by Gasteiger charge is 2.13. The third kappa shape index (κ3) is 5.21. The summed E-state index contributed by atoms with van der Waals surface area (Å²) in [7, 11) is 4.10. The van der Waals surface area contributed by atoms with Crippen LogP contribution in [0, 0.1) is 5.92 Å². The zero-order chi connectivity index (χ0) is 14.4. The monoisotopic (exact) mass is 282 g/mol. The molecule has 0 N–H and O–H groups in total. The summed E-state index contributed by atoms with van der Waals surface area (Å²) in [6.45, 7) is 7.13. The summed E-state index contributed by atoms with van der Waals surface area (Å²) >= 11 is 5.95. The van der Waals surface area contributed by atoms with E-state index >= 15 is 0 Å². The molecule has 0 aromatic heterocycles. The van der Waals surface area contributed by atoms with Gasteiger partial charge in [-0.05, 0) is 38.2 Å². The lowest BCUT2D eigenvalue weighted by Gasteiger charge is -2.29. The molecule has 0 saturated heterocycles. The van der Waals surface area contributed by atoms with Gasteiger partial charge in [-0.2, -0.15) is 0 Å². The molecule has 0 bridgehead atoms. The first kappa shape index (κ1) is 16.0. The molecule has 0 atom stereocenters. The van der Waals surface area contributed by atoms with E-state index < -0.39 is 0 Å². The predicted molar refractivity (Wildman–Crippen MR) is 82.4 cm³/mol. The van der Waals surface area contributed by atoms with Gasteiger partial charge in [0.25, 0.3) is 0 Å². The number of likely N-dealkylation sites (N-methyl/N-ethyl adjacent to an activating group) is 1. The van der Waals surface area contributed by atoms with E-state index in [0.29, 0.717) is 16.5 Å². The Balaban J connectivity index is 2.98. The first-order valence-corrected chi connectivity index (χ1v) is 6.96. The van der Waals surface area contributed by atoms with E-state index in [0.717, 1.165) is 31.6 Å². The molecule has 19 heavy (non-hydrogen) atoms. The second-order valence-corrected chi connectivity index (χ2v) is 5.90. The molecular weight excluding hydrogens is 260 g/mol. The van der Waals surface area contributed by atoms with Gasteiger partial charge in [0.15, 0.2) is 6.29 Å². The molecule has 0 fully saturated rings. The first-order valence-electron chi connectivity index (χ1n) is 6.58. The van der Waals surface area contributed by atoms with Gasteiger partial charge in [0.05, 0.1) is 0 Å². The number of rotatable bonds is 7. The largest absolute Gasteiger partial charge is 0.369 e. The summed E-state index contributed by atoms with van der Waals surface area (Å²) in [6.07, 6.45) is 0.879. The molecule has 3 nitrogen and oxygen atoms in total. The van der Waals surface area contributed by atoms with Gasteiger partial charge in [-0.1, -0.05) is 25.4 Å². The van der Waals surface area contributed by atoms with Crippen molar-refractivity contribution >= 4 is 23.6 Å². The Morgan fingerprint density at radius 3 is 2.47 bits per heavy atom. The van der Waals surface area contributed by atoms with Crippen molar-refractivity contribution in [2.75, 3.05) is 38.6 Å². The van der Waals surface area contributed by atoms with Crippen LogP contribution in [0.4, 0.5) is 5.69 Å². The van der Waals surface area contributed by atoms with Gasteiger partial charge in [-0.3, -0.25) is 4.79 Å². The maximum absolute atomic E-state index is 11.2. The van der Waals surface area contributed by atoms with Crippen molar-refractivity contribution in [1.82, 2.24) is 4.90 Å². The van der Waals surface area contributed by atoms with E-state index in [4.69, 9.17) is 11.6 Å². The van der Waals surface area contributed by atoms with Crippen LogP contribution in [0.1, 0.15) is 24.2 Å². The number of hydrogen-bond acceptors (Lipinski definition) is 3. The Morgan fingerprint density at radius 1 is 1.26 bits per heavy atom. The molecule has 0 aliphatic rings. The molecule has 4 heteroatoms. The van der Waals surface area contributed by atoms with Crippen LogP contribution in [0.2, 0.25) is 5.02 Å². The van der Waals surface area contributed by atoms with Crippen molar-refractivity contribution in [2.45, 2.75) is 13.8 Å². The van der Waals surface area contributed by atoms with Gasteiger partial charge >= 0.3 is 0 Å². The number of aldehydes is 1. The summed E-state index contributed by atoms with van der Waals surface area (Å²) in [5, 5.41) is 0.600. The van der Waals surface area contributed by atoms with Crippen molar-refractivity contribution < 1.29 is 4.79 Å². The quantitative estimate of drug-likeness (QED) is 0.718. The summed E-state index contributed by atoms with van der Waals surface area (Å²) in [4.78, 5) is 15.6. The van der Waals surface area contributed by atoms with Crippen LogP contribution in [0.5, 0.6) is 0 Å². The summed E-state index contributed by atoms with van der Waals surface area (Å²) in [5.41, 5.74) is 1.63. The number of carbonyl (C=O) groups excluding carboxylic acids is 1. The highest BCUT2D eigenvalue weighted by molar-refractivity contribution is 6.31. The van der Waals surface area contributed by atoms with Gasteiger partial charge in [0.2, 0.25) is 0 Å².